The van der Waals surface area contributed by atoms with Crippen LogP contribution in [0.1, 0.15) is 65.0 Å². The summed E-state index contributed by atoms with van der Waals surface area (Å²) in [5.74, 6) is -4.26. The molecule has 0 bridgehead atoms. The van der Waals surface area contributed by atoms with Crippen LogP contribution in [0.25, 0.3) is 0 Å². The molecule has 1 fully saturated rings. The Labute approximate surface area is 252 Å². The summed E-state index contributed by atoms with van der Waals surface area (Å²) in [5.41, 5.74) is 11.2. The minimum Gasteiger partial charge on any atom is -0.480 e. The molecular formula is C31H30Cl2N4O5. The Bertz CT molecular complexity index is 1650. The highest BCUT2D eigenvalue weighted by atomic mass is 35.5. The van der Waals surface area contributed by atoms with Crippen LogP contribution >= 0.6 is 23.2 Å². The number of carbonyl (C=O) groups excluding carboxylic acids is 3. The first-order valence-electron chi connectivity index (χ1n) is 13.3. The molecule has 0 aromatic heterocycles. The molecule has 3 aromatic carbocycles. The van der Waals surface area contributed by atoms with Gasteiger partial charge in [0, 0.05) is 33.3 Å². The minimum absolute atomic E-state index is 0.0122. The van der Waals surface area contributed by atoms with Gasteiger partial charge in [0.2, 0.25) is 11.8 Å². The highest BCUT2D eigenvalue weighted by molar-refractivity contribution is 6.31. The highest BCUT2D eigenvalue weighted by Crippen LogP contribution is 2.61. The van der Waals surface area contributed by atoms with Crippen molar-refractivity contribution in [2.45, 2.75) is 50.6 Å². The lowest BCUT2D eigenvalue weighted by atomic mass is 9.62. The van der Waals surface area contributed by atoms with Crippen LogP contribution in [-0.2, 0) is 15.0 Å². The highest BCUT2D eigenvalue weighted by Gasteiger charge is 2.69. The van der Waals surface area contributed by atoms with E-state index in [1.54, 1.807) is 47.4 Å². The number of carbonyl (C=O) groups is 4. The molecule has 1 saturated heterocycles. The molecule has 5 rings (SSSR count). The van der Waals surface area contributed by atoms with Crippen molar-refractivity contribution in [1.82, 2.24) is 0 Å². The maximum atomic E-state index is 14.5. The third-order valence-corrected chi connectivity index (χ3v) is 8.58. The zero-order valence-electron chi connectivity index (χ0n) is 23.2. The maximum absolute atomic E-state index is 14.5. The number of hydrogen-bond acceptors (Lipinski definition) is 5. The Hall–Kier alpha value is -4.08. The minimum atomic E-state index is -1.49. The van der Waals surface area contributed by atoms with Gasteiger partial charge in [0.05, 0.1) is 11.3 Å². The Morgan fingerprint density at radius 1 is 0.976 bits per heavy atom. The summed E-state index contributed by atoms with van der Waals surface area (Å²) < 4.78 is 0. The molecular weight excluding hydrogens is 579 g/mol. The van der Waals surface area contributed by atoms with Gasteiger partial charge < -0.3 is 26.8 Å². The molecule has 3 aromatic rings. The SMILES string of the molecule is CC(C)(C)C[C@@H]1N(c2cc(C(N)=O)ccc2C(N)=O)[C@@H](C(=O)O)[C@H](c2cccc(Cl)c2)C12C(=O)Nc1cc(Cl)ccc12. The summed E-state index contributed by atoms with van der Waals surface area (Å²) in [6.07, 6.45) is 0.308. The van der Waals surface area contributed by atoms with E-state index in [1.807, 2.05) is 20.8 Å². The van der Waals surface area contributed by atoms with Crippen molar-refractivity contribution < 1.29 is 24.3 Å². The molecule has 2 heterocycles. The predicted octanol–water partition coefficient (Wildman–Crippen LogP) is 4.94. The second-order valence-electron chi connectivity index (χ2n) is 12.0. The van der Waals surface area contributed by atoms with E-state index in [2.05, 4.69) is 5.32 Å². The van der Waals surface area contributed by atoms with Crippen molar-refractivity contribution >= 4 is 58.3 Å². The summed E-state index contributed by atoms with van der Waals surface area (Å²) in [4.78, 5) is 54.5. The lowest BCUT2D eigenvalue weighted by Crippen LogP contribution is -2.51. The number of rotatable bonds is 6. The van der Waals surface area contributed by atoms with Crippen molar-refractivity contribution in [2.75, 3.05) is 10.2 Å². The summed E-state index contributed by atoms with van der Waals surface area (Å²) in [6.45, 7) is 5.93. The largest absolute Gasteiger partial charge is 0.480 e. The monoisotopic (exact) mass is 608 g/mol. The van der Waals surface area contributed by atoms with Crippen LogP contribution < -0.4 is 21.7 Å². The van der Waals surface area contributed by atoms with Gasteiger partial charge >= 0.3 is 5.97 Å². The summed E-state index contributed by atoms with van der Waals surface area (Å²) in [7, 11) is 0. The molecule has 2 aliphatic heterocycles. The van der Waals surface area contributed by atoms with Crippen molar-refractivity contribution in [3.05, 3.63) is 93.0 Å². The molecule has 0 saturated carbocycles. The van der Waals surface area contributed by atoms with Gasteiger partial charge in [0.1, 0.15) is 11.5 Å². The molecule has 218 valence electrons. The number of nitrogens with two attached hydrogens (primary N) is 2. The Balaban J connectivity index is 1.95. The number of fused-ring (bicyclic) bond motifs is 2. The van der Waals surface area contributed by atoms with Crippen molar-refractivity contribution in [2.24, 2.45) is 16.9 Å². The molecule has 0 aliphatic carbocycles. The number of aliphatic carboxylic acids is 1. The van der Waals surface area contributed by atoms with E-state index in [0.717, 1.165) is 0 Å². The van der Waals surface area contributed by atoms with E-state index in [9.17, 15) is 24.3 Å². The first kappa shape index (κ1) is 29.4. The standard InChI is InChI=1S/C31H30Cl2N4O5/c1-30(2,3)14-23-31(20-10-8-18(33)13-21(20)36-29(31)42)24(15-5-4-6-17(32)11-15)25(28(40)41)37(23)22-12-16(26(34)38)7-9-19(22)27(35)39/h4-13,23-25H,14H2,1-3H3,(H2,34,38)(H2,35,39)(H,36,42)(H,40,41)/t23-,24-,25+,31?/m0/s1. The lowest BCUT2D eigenvalue weighted by molar-refractivity contribution is -0.139. The molecule has 0 radical (unpaired) electrons. The van der Waals surface area contributed by atoms with Crippen LogP contribution in [0, 0.1) is 5.41 Å². The van der Waals surface area contributed by atoms with Gasteiger partial charge in [-0.05, 0) is 65.4 Å². The number of carboxylic acids is 1. The first-order chi connectivity index (χ1) is 19.7. The number of hydrogen-bond donors (Lipinski definition) is 4. The molecule has 3 amide bonds. The number of carboxylic acid groups (broad SMARTS) is 1. The van der Waals surface area contributed by atoms with Gasteiger partial charge in [-0.3, -0.25) is 14.4 Å². The molecule has 9 nitrogen and oxygen atoms in total. The van der Waals surface area contributed by atoms with E-state index in [1.165, 1.54) is 18.2 Å². The quantitative estimate of drug-likeness (QED) is 0.310. The van der Waals surface area contributed by atoms with Crippen LogP contribution in [0.2, 0.25) is 10.0 Å². The van der Waals surface area contributed by atoms with E-state index in [0.29, 0.717) is 33.3 Å². The number of amides is 3. The van der Waals surface area contributed by atoms with E-state index in [-0.39, 0.29) is 16.8 Å². The summed E-state index contributed by atoms with van der Waals surface area (Å²) >= 11 is 12.8. The maximum Gasteiger partial charge on any atom is 0.327 e. The van der Waals surface area contributed by atoms with Gasteiger partial charge in [0.25, 0.3) is 5.91 Å². The van der Waals surface area contributed by atoms with E-state index in [4.69, 9.17) is 34.7 Å². The average molecular weight is 610 g/mol. The van der Waals surface area contributed by atoms with Crippen molar-refractivity contribution in [1.29, 1.82) is 0 Å². The van der Waals surface area contributed by atoms with Crippen molar-refractivity contribution in [3.63, 3.8) is 0 Å². The average Bonchev–Trinajstić information content (AvgIpc) is 3.34. The summed E-state index contributed by atoms with van der Waals surface area (Å²) in [5, 5.41) is 14.7. The smallest absolute Gasteiger partial charge is 0.327 e. The number of halogens is 2. The van der Waals surface area contributed by atoms with Gasteiger partial charge in [-0.25, -0.2) is 4.79 Å². The molecule has 1 unspecified atom stereocenters. The van der Waals surface area contributed by atoms with Gasteiger partial charge in [-0.1, -0.05) is 62.2 Å². The van der Waals surface area contributed by atoms with Gasteiger partial charge in [0.15, 0.2) is 0 Å². The zero-order chi connectivity index (χ0) is 30.7. The number of nitrogens with zero attached hydrogens (tertiary/aromatic N) is 1. The Kier molecular flexibility index (Phi) is 7.23. The fourth-order valence-electron chi connectivity index (χ4n) is 6.67. The Morgan fingerprint density at radius 3 is 2.26 bits per heavy atom. The molecule has 11 heteroatoms. The number of nitrogens with one attached hydrogen (secondary N) is 1. The number of primary amides is 2. The van der Waals surface area contributed by atoms with Crippen LogP contribution in [0.15, 0.2) is 60.7 Å². The topological polar surface area (TPSA) is 156 Å². The normalized spacial score (nSPS) is 23.1. The first-order valence-corrected chi connectivity index (χ1v) is 14.0. The predicted molar refractivity (Wildman–Crippen MR) is 161 cm³/mol. The molecule has 1 spiro atoms. The lowest BCUT2D eigenvalue weighted by Gasteiger charge is -2.40. The van der Waals surface area contributed by atoms with Crippen LogP contribution in [0.4, 0.5) is 11.4 Å². The third kappa shape index (κ3) is 4.66. The molecule has 4 atom stereocenters. The van der Waals surface area contributed by atoms with Crippen LogP contribution in [0.5, 0.6) is 0 Å². The molecule has 2 aliphatic rings. The van der Waals surface area contributed by atoms with Gasteiger partial charge in [-0.15, -0.1) is 0 Å². The van der Waals surface area contributed by atoms with Crippen LogP contribution in [-0.4, -0.2) is 40.9 Å². The molecule has 42 heavy (non-hydrogen) atoms. The van der Waals surface area contributed by atoms with E-state index >= 15 is 0 Å². The van der Waals surface area contributed by atoms with Crippen molar-refractivity contribution in [3.8, 4) is 0 Å². The van der Waals surface area contributed by atoms with Crippen LogP contribution in [0.3, 0.4) is 0 Å². The third-order valence-electron chi connectivity index (χ3n) is 8.11. The van der Waals surface area contributed by atoms with Gasteiger partial charge in [-0.2, -0.15) is 0 Å². The Morgan fingerprint density at radius 2 is 1.67 bits per heavy atom. The second-order valence-corrected chi connectivity index (χ2v) is 12.8. The number of benzene rings is 3. The van der Waals surface area contributed by atoms with E-state index < -0.39 is 52.5 Å². The fraction of sp³-hybridized carbons (Fsp3) is 0.290. The zero-order valence-corrected chi connectivity index (χ0v) is 24.7. The molecule has 6 N–H and O–H groups in total. The second kappa shape index (κ2) is 10.3. The number of anilines is 2. The summed E-state index contributed by atoms with van der Waals surface area (Å²) in [6, 6.07) is 13.6. The fourth-order valence-corrected chi connectivity index (χ4v) is 7.04.